The minimum absolute atomic E-state index is 0.439. The van der Waals surface area contributed by atoms with Gasteiger partial charge in [-0.25, -0.2) is 0 Å². The summed E-state index contributed by atoms with van der Waals surface area (Å²) in [6, 6.07) is 0. The van der Waals surface area contributed by atoms with Gasteiger partial charge in [0.05, 0.1) is 0 Å². The zero-order valence-electron chi connectivity index (χ0n) is 8.90. The van der Waals surface area contributed by atoms with E-state index in [1.54, 1.807) is 0 Å². The molecule has 82 valence electrons. The molecule has 1 rings (SSSR count). The van der Waals surface area contributed by atoms with Gasteiger partial charge in [-0.15, -0.1) is 0 Å². The van der Waals surface area contributed by atoms with E-state index >= 15 is 0 Å². The van der Waals surface area contributed by atoms with Gasteiger partial charge in [0.25, 0.3) is 0 Å². The van der Waals surface area contributed by atoms with E-state index in [1.165, 1.54) is 0 Å². The van der Waals surface area contributed by atoms with Crippen LogP contribution in [0.2, 0.25) is 0 Å². The van der Waals surface area contributed by atoms with Crippen LogP contribution in [0.15, 0.2) is 10.9 Å². The van der Waals surface area contributed by atoms with Crippen molar-refractivity contribution in [1.29, 1.82) is 0 Å². The summed E-state index contributed by atoms with van der Waals surface area (Å²) >= 11 is 0. The third-order valence-corrected chi connectivity index (χ3v) is 4.30. The molecule has 14 heavy (non-hydrogen) atoms. The van der Waals surface area contributed by atoms with Gasteiger partial charge in [0.2, 0.25) is 0 Å². The van der Waals surface area contributed by atoms with Crippen LogP contribution in [0.25, 0.3) is 0 Å². The Morgan fingerprint density at radius 2 is 1.93 bits per heavy atom. The highest BCUT2D eigenvalue weighted by Gasteiger charge is 2.41. The van der Waals surface area contributed by atoms with Crippen LogP contribution in [-0.4, -0.2) is 14.7 Å². The van der Waals surface area contributed by atoms with Crippen molar-refractivity contribution in [3.05, 3.63) is 10.9 Å². The van der Waals surface area contributed by atoms with Crippen LogP contribution < -0.4 is 0 Å². The molecule has 1 aliphatic rings. The van der Waals surface area contributed by atoms with Crippen molar-refractivity contribution in [2.75, 3.05) is 0 Å². The van der Waals surface area contributed by atoms with E-state index < -0.39 is 7.94 Å². The molecule has 0 bridgehead atoms. The maximum absolute atomic E-state index is 9.32. The van der Waals surface area contributed by atoms with Crippen molar-refractivity contribution in [1.82, 2.24) is 0 Å². The van der Waals surface area contributed by atoms with Crippen molar-refractivity contribution < 1.29 is 14.7 Å². The van der Waals surface area contributed by atoms with Gasteiger partial charge >= 0.3 is 7.94 Å². The molecule has 1 atom stereocenters. The molecule has 3 nitrogen and oxygen atoms in total. The predicted molar refractivity (Wildman–Crippen MR) is 58.5 cm³/mol. The summed E-state index contributed by atoms with van der Waals surface area (Å²) in [5, 5.41) is 0.540. The van der Waals surface area contributed by atoms with Crippen LogP contribution >= 0.6 is 7.94 Å². The molecule has 1 unspecified atom stereocenters. The summed E-state index contributed by atoms with van der Waals surface area (Å²) in [6.45, 7) is 4.12. The van der Waals surface area contributed by atoms with E-state index in [9.17, 15) is 14.7 Å². The van der Waals surface area contributed by atoms with Crippen LogP contribution in [0, 0.1) is 5.92 Å². The van der Waals surface area contributed by atoms with Gasteiger partial charge in [-0.1, -0.05) is 13.8 Å². The van der Waals surface area contributed by atoms with Gasteiger partial charge in [-0.3, -0.25) is 0 Å². The van der Waals surface area contributed by atoms with E-state index in [0.717, 1.165) is 31.3 Å². The standard InChI is InChI=1S/C10H20O3P/c1-3-8-6-5-7-10(9(8)4-2)14(11,12)13/h8,11-13H,3-7H2,1-2H3/q+1. The minimum Gasteiger partial charge on any atom is -0.189 e. The van der Waals surface area contributed by atoms with Crippen LogP contribution in [0.1, 0.15) is 46.0 Å². The Balaban J connectivity index is 3.01. The zero-order valence-corrected chi connectivity index (χ0v) is 9.80. The number of allylic oxidation sites excluding steroid dienone is 2. The highest BCUT2D eigenvalue weighted by molar-refractivity contribution is 7.63. The second-order valence-electron chi connectivity index (χ2n) is 3.89. The number of rotatable bonds is 3. The van der Waals surface area contributed by atoms with Gasteiger partial charge < -0.3 is 0 Å². The molecule has 0 aromatic heterocycles. The van der Waals surface area contributed by atoms with Crippen LogP contribution in [0.3, 0.4) is 0 Å². The fraction of sp³-hybridized carbons (Fsp3) is 0.800. The molecular weight excluding hydrogens is 199 g/mol. The summed E-state index contributed by atoms with van der Waals surface area (Å²) in [5.74, 6) is 0.439. The maximum Gasteiger partial charge on any atom is 0.436 e. The monoisotopic (exact) mass is 219 g/mol. The quantitative estimate of drug-likeness (QED) is 0.639. The van der Waals surface area contributed by atoms with Crippen LogP contribution in [-0.2, 0) is 0 Å². The third kappa shape index (κ3) is 2.54. The van der Waals surface area contributed by atoms with E-state index in [2.05, 4.69) is 6.92 Å². The number of hydrogen-bond donors (Lipinski definition) is 3. The summed E-state index contributed by atoms with van der Waals surface area (Å²) < 4.78 is 0. The van der Waals surface area contributed by atoms with Crippen molar-refractivity contribution in [3.8, 4) is 0 Å². The fourth-order valence-electron chi connectivity index (χ4n) is 2.37. The van der Waals surface area contributed by atoms with Gasteiger partial charge in [-0.2, -0.15) is 14.7 Å². The Kier molecular flexibility index (Phi) is 4.08. The lowest BCUT2D eigenvalue weighted by Crippen LogP contribution is -2.13. The smallest absolute Gasteiger partial charge is 0.189 e. The molecule has 0 aromatic carbocycles. The highest BCUT2D eigenvalue weighted by atomic mass is 31.2. The van der Waals surface area contributed by atoms with E-state index in [4.69, 9.17) is 0 Å². The Hall–Kier alpha value is 0.0500. The summed E-state index contributed by atoms with van der Waals surface area (Å²) in [4.78, 5) is 28.0. The Morgan fingerprint density at radius 1 is 1.29 bits per heavy atom. The third-order valence-electron chi connectivity index (χ3n) is 3.07. The molecule has 0 radical (unpaired) electrons. The van der Waals surface area contributed by atoms with Crippen LogP contribution in [0.5, 0.6) is 0 Å². The fourth-order valence-corrected chi connectivity index (χ4v) is 3.56. The summed E-state index contributed by atoms with van der Waals surface area (Å²) in [5.41, 5.74) is 1.08. The minimum atomic E-state index is -3.73. The molecule has 0 heterocycles. The molecular formula is C10H20O3P+. The van der Waals surface area contributed by atoms with E-state index in [1.807, 2.05) is 6.92 Å². The zero-order chi connectivity index (χ0) is 10.8. The molecule has 1 aliphatic carbocycles. The molecule has 0 aromatic rings. The van der Waals surface area contributed by atoms with Gasteiger partial charge in [0, 0.05) is 6.42 Å². The summed E-state index contributed by atoms with van der Waals surface area (Å²) in [7, 11) is -3.73. The first-order chi connectivity index (χ1) is 6.50. The first kappa shape index (κ1) is 12.1. The Labute approximate surface area is 86.1 Å². The van der Waals surface area contributed by atoms with Gasteiger partial charge in [-0.05, 0) is 37.2 Å². The molecule has 3 N–H and O–H groups in total. The second kappa shape index (κ2) is 4.71. The molecule has 0 fully saturated rings. The lowest BCUT2D eigenvalue weighted by Gasteiger charge is -2.25. The Morgan fingerprint density at radius 3 is 2.36 bits per heavy atom. The lowest BCUT2D eigenvalue weighted by atomic mass is 9.84. The highest BCUT2D eigenvalue weighted by Crippen LogP contribution is 2.59. The van der Waals surface area contributed by atoms with E-state index in [-0.39, 0.29) is 0 Å². The SMILES string of the molecule is CCC1=C([P+](O)(O)O)CCCC1CC. The van der Waals surface area contributed by atoms with Gasteiger partial charge in [0.15, 0.2) is 5.31 Å². The Bertz CT molecular complexity index is 230. The molecule has 0 saturated heterocycles. The lowest BCUT2D eigenvalue weighted by molar-refractivity contribution is 0.333. The second-order valence-corrected chi connectivity index (χ2v) is 5.57. The molecule has 0 spiro atoms. The van der Waals surface area contributed by atoms with Crippen LogP contribution in [0.4, 0.5) is 0 Å². The number of hydrogen-bond acceptors (Lipinski definition) is 3. The normalized spacial score (nSPS) is 24.2. The topological polar surface area (TPSA) is 60.7 Å². The van der Waals surface area contributed by atoms with Crippen molar-refractivity contribution >= 4 is 7.94 Å². The van der Waals surface area contributed by atoms with Gasteiger partial charge in [0.1, 0.15) is 0 Å². The molecule has 0 saturated carbocycles. The molecule has 0 amide bonds. The van der Waals surface area contributed by atoms with Crippen molar-refractivity contribution in [2.24, 2.45) is 5.92 Å². The molecule has 4 heteroatoms. The first-order valence-electron chi connectivity index (χ1n) is 5.30. The average molecular weight is 219 g/mol. The predicted octanol–water partition coefficient (Wildman–Crippen LogP) is 2.60. The van der Waals surface area contributed by atoms with E-state index in [0.29, 0.717) is 17.7 Å². The largest absolute Gasteiger partial charge is 0.436 e. The molecule has 0 aliphatic heterocycles. The first-order valence-corrected chi connectivity index (χ1v) is 6.95. The van der Waals surface area contributed by atoms with Crippen molar-refractivity contribution in [2.45, 2.75) is 46.0 Å². The maximum atomic E-state index is 9.32. The van der Waals surface area contributed by atoms with Crippen molar-refractivity contribution in [3.63, 3.8) is 0 Å². The summed E-state index contributed by atoms with van der Waals surface area (Å²) in [6.07, 6.45) is 4.56. The average Bonchev–Trinajstić information content (AvgIpc) is 2.15.